The minimum atomic E-state index is 0.0770. The lowest BCUT2D eigenvalue weighted by molar-refractivity contribution is 0.385. The standard InChI is InChI=1S/C24H27N5/c1-4-7-13-23(20-11-9-14-27-18-20)19-10-8-12-22(15-19)28-24(21(16-25)17-26)29(5-2)6-3/h8-15,18,28H,4-7H2,1-3H3/b23-13+. The van der Waals surface area contributed by atoms with Crippen LogP contribution in [-0.4, -0.2) is 23.0 Å². The number of nitrogens with zero attached hydrogens (tertiary/aromatic N) is 4. The highest BCUT2D eigenvalue weighted by Crippen LogP contribution is 2.27. The highest BCUT2D eigenvalue weighted by Gasteiger charge is 2.14. The first-order chi connectivity index (χ1) is 14.2. The van der Waals surface area contributed by atoms with Gasteiger partial charge in [0, 0.05) is 36.7 Å². The smallest absolute Gasteiger partial charge is 0.170 e. The number of nitrogens with one attached hydrogen (secondary N) is 1. The van der Waals surface area contributed by atoms with E-state index < -0.39 is 0 Å². The molecule has 29 heavy (non-hydrogen) atoms. The molecule has 0 bridgehead atoms. The largest absolute Gasteiger partial charge is 0.357 e. The maximum atomic E-state index is 9.39. The average molecular weight is 386 g/mol. The molecule has 2 rings (SSSR count). The lowest BCUT2D eigenvalue weighted by Crippen LogP contribution is -2.28. The van der Waals surface area contributed by atoms with Crippen molar-refractivity contribution in [2.24, 2.45) is 0 Å². The van der Waals surface area contributed by atoms with Crippen molar-refractivity contribution in [1.29, 1.82) is 10.5 Å². The number of hydrogen-bond acceptors (Lipinski definition) is 5. The molecule has 0 saturated heterocycles. The Morgan fingerprint density at radius 2 is 1.79 bits per heavy atom. The molecule has 148 valence electrons. The number of benzene rings is 1. The molecular formula is C24H27N5. The second kappa shape index (κ2) is 11.3. The molecule has 0 saturated carbocycles. The van der Waals surface area contributed by atoms with Crippen molar-refractivity contribution in [2.75, 3.05) is 18.4 Å². The van der Waals surface area contributed by atoms with Gasteiger partial charge in [-0.1, -0.05) is 37.6 Å². The molecule has 5 nitrogen and oxygen atoms in total. The van der Waals surface area contributed by atoms with Gasteiger partial charge in [0.1, 0.15) is 18.0 Å². The third-order valence-corrected chi connectivity index (χ3v) is 4.59. The molecule has 2 aromatic rings. The molecule has 0 radical (unpaired) electrons. The van der Waals surface area contributed by atoms with Crippen LogP contribution in [0.15, 0.2) is 66.3 Å². The Morgan fingerprint density at radius 3 is 2.38 bits per heavy atom. The minimum absolute atomic E-state index is 0.0770. The van der Waals surface area contributed by atoms with Gasteiger partial charge >= 0.3 is 0 Å². The Kier molecular flexibility index (Phi) is 8.48. The van der Waals surface area contributed by atoms with Crippen molar-refractivity contribution < 1.29 is 0 Å². The Balaban J connectivity index is 2.47. The van der Waals surface area contributed by atoms with Gasteiger partial charge in [0.25, 0.3) is 0 Å². The lowest BCUT2D eigenvalue weighted by Gasteiger charge is -2.25. The lowest BCUT2D eigenvalue weighted by atomic mass is 9.97. The summed E-state index contributed by atoms with van der Waals surface area (Å²) in [7, 11) is 0. The van der Waals surface area contributed by atoms with Crippen LogP contribution in [0, 0.1) is 22.7 Å². The Morgan fingerprint density at radius 1 is 1.07 bits per heavy atom. The summed E-state index contributed by atoms with van der Waals surface area (Å²) in [5.74, 6) is 0.539. The normalized spacial score (nSPS) is 10.6. The van der Waals surface area contributed by atoms with E-state index in [4.69, 9.17) is 0 Å². The van der Waals surface area contributed by atoms with Crippen LogP contribution in [0.2, 0.25) is 0 Å². The zero-order valence-electron chi connectivity index (χ0n) is 17.3. The van der Waals surface area contributed by atoms with Crippen LogP contribution in [-0.2, 0) is 0 Å². The fourth-order valence-corrected chi connectivity index (χ4v) is 3.08. The highest BCUT2D eigenvalue weighted by atomic mass is 15.2. The van der Waals surface area contributed by atoms with Gasteiger partial charge in [-0.2, -0.15) is 10.5 Å². The van der Waals surface area contributed by atoms with Gasteiger partial charge in [-0.15, -0.1) is 0 Å². The number of aromatic nitrogens is 1. The first-order valence-corrected chi connectivity index (χ1v) is 9.95. The summed E-state index contributed by atoms with van der Waals surface area (Å²) < 4.78 is 0. The van der Waals surface area contributed by atoms with E-state index in [1.54, 1.807) is 6.20 Å². The summed E-state index contributed by atoms with van der Waals surface area (Å²) in [5.41, 5.74) is 4.16. The number of hydrogen-bond donors (Lipinski definition) is 1. The monoisotopic (exact) mass is 385 g/mol. The molecule has 0 atom stereocenters. The van der Waals surface area contributed by atoms with Gasteiger partial charge in [-0.05, 0) is 49.6 Å². The molecule has 0 amide bonds. The molecule has 1 N–H and O–H groups in total. The Bertz CT molecular complexity index is 925. The zero-order chi connectivity index (χ0) is 21.1. The van der Waals surface area contributed by atoms with Crippen LogP contribution in [0.4, 0.5) is 5.69 Å². The van der Waals surface area contributed by atoms with Gasteiger partial charge in [-0.3, -0.25) is 4.98 Å². The number of anilines is 1. The molecule has 1 heterocycles. The highest BCUT2D eigenvalue weighted by molar-refractivity contribution is 5.81. The molecule has 0 aliphatic heterocycles. The summed E-state index contributed by atoms with van der Waals surface area (Å²) in [6, 6.07) is 16.0. The van der Waals surface area contributed by atoms with Crippen molar-refractivity contribution in [3.05, 3.63) is 77.4 Å². The van der Waals surface area contributed by atoms with E-state index in [0.29, 0.717) is 18.9 Å². The summed E-state index contributed by atoms with van der Waals surface area (Å²) in [4.78, 5) is 6.23. The first kappa shape index (κ1) is 21.7. The van der Waals surface area contributed by atoms with Gasteiger partial charge in [0.05, 0.1) is 0 Å². The number of nitriles is 2. The first-order valence-electron chi connectivity index (χ1n) is 9.95. The van der Waals surface area contributed by atoms with E-state index in [0.717, 1.165) is 35.2 Å². The quantitative estimate of drug-likeness (QED) is 0.591. The van der Waals surface area contributed by atoms with Crippen LogP contribution in [0.3, 0.4) is 0 Å². The van der Waals surface area contributed by atoms with Crippen molar-refractivity contribution in [2.45, 2.75) is 33.6 Å². The van der Waals surface area contributed by atoms with Crippen LogP contribution in [0.25, 0.3) is 5.57 Å². The van der Waals surface area contributed by atoms with Crippen LogP contribution in [0.5, 0.6) is 0 Å². The van der Waals surface area contributed by atoms with Gasteiger partial charge in [0.15, 0.2) is 5.57 Å². The minimum Gasteiger partial charge on any atom is -0.357 e. The number of allylic oxidation sites excluding steroid dienone is 2. The molecule has 5 heteroatoms. The van der Waals surface area contributed by atoms with Crippen LogP contribution in [0.1, 0.15) is 44.7 Å². The fourth-order valence-electron chi connectivity index (χ4n) is 3.08. The molecular weight excluding hydrogens is 358 g/mol. The molecule has 0 fully saturated rings. The van der Waals surface area contributed by atoms with Crippen LogP contribution >= 0.6 is 0 Å². The topological polar surface area (TPSA) is 75.7 Å². The SMILES string of the molecule is CCC/C=C(/c1cccnc1)c1cccc(NC(=C(C#N)C#N)N(CC)CC)c1. The summed E-state index contributed by atoms with van der Waals surface area (Å²) >= 11 is 0. The molecule has 1 aromatic heterocycles. The third kappa shape index (κ3) is 5.70. The second-order valence-corrected chi connectivity index (χ2v) is 6.47. The number of unbranched alkanes of at least 4 members (excludes halogenated alkanes) is 1. The maximum Gasteiger partial charge on any atom is 0.170 e. The van der Waals surface area contributed by atoms with Crippen molar-refractivity contribution in [1.82, 2.24) is 9.88 Å². The predicted molar refractivity (Wildman–Crippen MR) is 117 cm³/mol. The van der Waals surface area contributed by atoms with Gasteiger partial charge < -0.3 is 10.2 Å². The second-order valence-electron chi connectivity index (χ2n) is 6.47. The fraction of sp³-hybridized carbons (Fsp3) is 0.292. The van der Waals surface area contributed by atoms with E-state index >= 15 is 0 Å². The number of rotatable bonds is 9. The van der Waals surface area contributed by atoms with Gasteiger partial charge in [0.2, 0.25) is 0 Å². The van der Waals surface area contributed by atoms with Crippen molar-refractivity contribution in [3.63, 3.8) is 0 Å². The molecule has 0 aliphatic carbocycles. The third-order valence-electron chi connectivity index (χ3n) is 4.59. The maximum absolute atomic E-state index is 9.39. The van der Waals surface area contributed by atoms with E-state index in [-0.39, 0.29) is 5.57 Å². The van der Waals surface area contributed by atoms with E-state index in [1.165, 1.54) is 0 Å². The molecule has 0 spiro atoms. The Hall–Kier alpha value is -3.57. The van der Waals surface area contributed by atoms with E-state index in [1.807, 2.05) is 61.3 Å². The molecule has 0 aliphatic rings. The molecule has 1 aromatic carbocycles. The van der Waals surface area contributed by atoms with Gasteiger partial charge in [-0.25, -0.2) is 0 Å². The van der Waals surface area contributed by atoms with Crippen molar-refractivity contribution >= 4 is 11.3 Å². The van der Waals surface area contributed by atoms with Crippen molar-refractivity contribution in [3.8, 4) is 12.1 Å². The average Bonchev–Trinajstić information content (AvgIpc) is 2.76. The Labute approximate surface area is 173 Å². The van der Waals surface area contributed by atoms with Crippen LogP contribution < -0.4 is 5.32 Å². The zero-order valence-corrected chi connectivity index (χ0v) is 17.3. The summed E-state index contributed by atoms with van der Waals surface area (Å²) in [6.07, 6.45) is 7.90. The summed E-state index contributed by atoms with van der Waals surface area (Å²) in [6.45, 7) is 7.55. The summed E-state index contributed by atoms with van der Waals surface area (Å²) in [5, 5.41) is 22.1. The van der Waals surface area contributed by atoms with E-state index in [9.17, 15) is 10.5 Å². The predicted octanol–water partition coefficient (Wildman–Crippen LogP) is 5.33. The van der Waals surface area contributed by atoms with E-state index in [2.05, 4.69) is 35.4 Å². The number of pyridine rings is 1. The molecule has 0 unspecified atom stereocenters.